The van der Waals surface area contributed by atoms with Gasteiger partial charge < -0.3 is 39.1 Å². The van der Waals surface area contributed by atoms with E-state index in [9.17, 15) is 33.6 Å². The maximum atomic E-state index is 13.5. The molecule has 0 fully saturated rings. The van der Waals surface area contributed by atoms with Gasteiger partial charge in [0.05, 0.1) is 65.8 Å². The average Bonchev–Trinajstić information content (AvgIpc) is 3.36. The lowest BCUT2D eigenvalue weighted by molar-refractivity contribution is -0.151. The van der Waals surface area contributed by atoms with Gasteiger partial charge in [0.2, 0.25) is 5.91 Å². The highest BCUT2D eigenvalue weighted by molar-refractivity contribution is 5.90. The summed E-state index contributed by atoms with van der Waals surface area (Å²) in [6.45, 7) is 11.2. The van der Waals surface area contributed by atoms with Crippen molar-refractivity contribution in [3.8, 4) is 0 Å². The van der Waals surface area contributed by atoms with Crippen LogP contribution in [0.15, 0.2) is 54.6 Å². The highest BCUT2D eigenvalue weighted by Crippen LogP contribution is 2.17. The first-order valence-corrected chi connectivity index (χ1v) is 26.7. The van der Waals surface area contributed by atoms with Crippen LogP contribution in [0.1, 0.15) is 136 Å². The predicted molar refractivity (Wildman–Crippen MR) is 279 cm³/mol. The Balaban J connectivity index is 2.35. The van der Waals surface area contributed by atoms with Gasteiger partial charge in [0, 0.05) is 44.3 Å². The number of carbonyl (C=O) groups is 7. The second-order valence-electron chi connectivity index (χ2n) is 18.1. The summed E-state index contributed by atoms with van der Waals surface area (Å²) >= 11 is 0. The zero-order valence-corrected chi connectivity index (χ0v) is 44.6. The molecule has 0 aliphatic rings. The molecule has 18 heteroatoms. The quantitative estimate of drug-likeness (QED) is 0.0372. The van der Waals surface area contributed by atoms with Crippen LogP contribution in [-0.4, -0.2) is 155 Å². The lowest BCUT2D eigenvalue weighted by Crippen LogP contribution is -2.52. The second-order valence-corrected chi connectivity index (χ2v) is 18.1. The van der Waals surface area contributed by atoms with Crippen molar-refractivity contribution in [1.29, 1.82) is 0 Å². The Kier molecular flexibility index (Phi) is 35.5. The Morgan fingerprint density at radius 1 is 0.479 bits per heavy atom. The number of alkyl carbamates (subject to hydrolysis) is 1. The summed E-state index contributed by atoms with van der Waals surface area (Å²) in [6, 6.07) is 16.1. The van der Waals surface area contributed by atoms with E-state index < -0.39 is 42.0 Å². The van der Waals surface area contributed by atoms with Crippen LogP contribution in [0.5, 0.6) is 0 Å². The lowest BCUT2D eigenvalue weighted by Gasteiger charge is -2.35. The van der Waals surface area contributed by atoms with Gasteiger partial charge in [-0.2, -0.15) is 0 Å². The summed E-state index contributed by atoms with van der Waals surface area (Å²) in [5, 5.41) is 5.70. The molecule has 73 heavy (non-hydrogen) atoms. The van der Waals surface area contributed by atoms with E-state index in [0.717, 1.165) is 49.7 Å². The number of benzene rings is 2. The largest absolute Gasteiger partial charge is 0.465 e. The summed E-state index contributed by atoms with van der Waals surface area (Å²) in [6.07, 6.45) is 9.70. The molecule has 2 amide bonds. The predicted octanol–water partition coefficient (Wildman–Crippen LogP) is 7.65. The number of hydrogen-bond acceptors (Lipinski definition) is 16. The van der Waals surface area contributed by atoms with E-state index in [0.29, 0.717) is 63.6 Å². The maximum Gasteiger partial charge on any atom is 0.407 e. The molecular weight excluding hydrogens is 939 g/mol. The number of rotatable bonds is 42. The molecule has 1 atom stereocenters. The fourth-order valence-electron chi connectivity index (χ4n) is 7.18. The molecule has 410 valence electrons. The van der Waals surface area contributed by atoms with Crippen LogP contribution in [0.25, 0.3) is 0 Å². The third-order valence-electron chi connectivity index (χ3n) is 11.5. The third kappa shape index (κ3) is 32.3. The van der Waals surface area contributed by atoms with Crippen LogP contribution in [0, 0.1) is 0 Å². The molecule has 0 aliphatic heterocycles. The molecule has 0 heterocycles. The molecule has 0 aliphatic carbocycles. The van der Waals surface area contributed by atoms with Crippen LogP contribution in [0.4, 0.5) is 10.5 Å². The first kappa shape index (κ1) is 63.5. The molecule has 1 unspecified atom stereocenters. The fraction of sp³-hybridized carbons (Fsp3) is 0.655. The summed E-state index contributed by atoms with van der Waals surface area (Å²) in [7, 11) is 0. The van der Waals surface area contributed by atoms with Crippen molar-refractivity contribution in [1.82, 2.24) is 20.0 Å². The first-order chi connectivity index (χ1) is 35.4. The number of ether oxygens (including phenoxy) is 6. The second kappa shape index (κ2) is 40.8. The molecule has 18 nitrogen and oxygen atoms in total. The number of nitrogens with zero attached hydrogens (tertiary/aromatic N) is 3. The van der Waals surface area contributed by atoms with Gasteiger partial charge in [0.1, 0.15) is 6.61 Å². The normalized spacial score (nSPS) is 11.5. The van der Waals surface area contributed by atoms with E-state index in [-0.39, 0.29) is 104 Å². The monoisotopic (exact) mass is 1030 g/mol. The van der Waals surface area contributed by atoms with Crippen molar-refractivity contribution in [3.63, 3.8) is 0 Å². The molecule has 0 bridgehead atoms. The summed E-state index contributed by atoms with van der Waals surface area (Å²) < 4.78 is 33.0. The van der Waals surface area contributed by atoms with Crippen LogP contribution >= 0.6 is 0 Å². The minimum Gasteiger partial charge on any atom is -0.465 e. The highest BCUT2D eigenvalue weighted by atomic mass is 16.6. The molecule has 2 aromatic carbocycles. The number of anilines is 1. The summed E-state index contributed by atoms with van der Waals surface area (Å²) in [4.78, 5) is 96.6. The molecule has 0 spiro atoms. The number of nitrogens with one attached hydrogen (secondary N) is 2. The van der Waals surface area contributed by atoms with Gasteiger partial charge in [-0.05, 0) is 74.6 Å². The van der Waals surface area contributed by atoms with Crippen molar-refractivity contribution < 1.29 is 62.0 Å². The van der Waals surface area contributed by atoms with Crippen LogP contribution in [-0.2, 0) is 70.2 Å². The summed E-state index contributed by atoms with van der Waals surface area (Å²) in [5.74, 6) is -2.65. The standard InChI is InChI=1S/C55H87N5O13/c1-6-11-32-68-50(62)39-58(30-31-59(40-51(63)69-33-12-7-2)41-52(64)70-34-13-8-3)38-48(60(42-53(65)71-35-14-9-4)43-54(66)72-36-15-10-5)37-45-25-27-47(28-26-45)57-49(61)24-20-17-21-29-56-55(67)73-44-46-22-18-16-19-23-46/h16,18-19,22-23,25-28,48H,6-15,17,20-21,24,29-44H2,1-5H3,(H,56,67)(H,57,61). The van der Waals surface area contributed by atoms with E-state index in [1.165, 1.54) is 0 Å². The number of carbonyl (C=O) groups excluding carboxylic acids is 7. The number of hydrogen-bond donors (Lipinski definition) is 2. The van der Waals surface area contributed by atoms with Gasteiger partial charge in [-0.15, -0.1) is 0 Å². The topological polar surface area (TPSA) is 209 Å². The van der Waals surface area contributed by atoms with Gasteiger partial charge in [0.25, 0.3) is 0 Å². The van der Waals surface area contributed by atoms with Crippen LogP contribution in [0.3, 0.4) is 0 Å². The van der Waals surface area contributed by atoms with Crippen molar-refractivity contribution in [2.24, 2.45) is 0 Å². The first-order valence-electron chi connectivity index (χ1n) is 26.7. The number of esters is 5. The Labute approximate surface area is 434 Å². The molecule has 0 radical (unpaired) electrons. The van der Waals surface area contributed by atoms with Gasteiger partial charge in [-0.1, -0.05) is 116 Å². The highest BCUT2D eigenvalue weighted by Gasteiger charge is 2.29. The van der Waals surface area contributed by atoms with E-state index in [2.05, 4.69) is 10.6 Å². The lowest BCUT2D eigenvalue weighted by atomic mass is 10.0. The molecule has 2 rings (SSSR count). The maximum absolute atomic E-state index is 13.5. The molecule has 2 N–H and O–H groups in total. The summed E-state index contributed by atoms with van der Waals surface area (Å²) in [5.41, 5.74) is 2.30. The average molecular weight is 1030 g/mol. The molecular formula is C55H87N5O13. The minimum atomic E-state index is -0.590. The molecule has 0 saturated carbocycles. The van der Waals surface area contributed by atoms with Crippen molar-refractivity contribution >= 4 is 47.5 Å². The Morgan fingerprint density at radius 3 is 1.41 bits per heavy atom. The van der Waals surface area contributed by atoms with Crippen molar-refractivity contribution in [3.05, 3.63) is 65.7 Å². The van der Waals surface area contributed by atoms with Crippen molar-refractivity contribution in [2.75, 3.05) is 97.3 Å². The Bertz CT molecular complexity index is 1800. The Hall–Kier alpha value is -5.59. The third-order valence-corrected chi connectivity index (χ3v) is 11.5. The Morgan fingerprint density at radius 2 is 0.932 bits per heavy atom. The minimum absolute atomic E-state index is 0.145. The fourth-order valence-corrected chi connectivity index (χ4v) is 7.18. The van der Waals surface area contributed by atoms with Crippen molar-refractivity contribution in [2.45, 2.75) is 144 Å². The van der Waals surface area contributed by atoms with Crippen LogP contribution in [0.2, 0.25) is 0 Å². The molecule has 2 aromatic rings. The SMILES string of the molecule is CCCCOC(=O)CN(CCN(CC(=O)OCCCC)CC(Cc1ccc(NC(=O)CCCCCNC(=O)OCc2ccccc2)cc1)N(CC(=O)OCCCC)CC(=O)OCCCC)CC(=O)OCCCC. The zero-order valence-electron chi connectivity index (χ0n) is 44.6. The van der Waals surface area contributed by atoms with Gasteiger partial charge in [-0.3, -0.25) is 43.5 Å². The van der Waals surface area contributed by atoms with Gasteiger partial charge in [0.15, 0.2) is 0 Å². The van der Waals surface area contributed by atoms with E-state index in [1.54, 1.807) is 21.9 Å². The van der Waals surface area contributed by atoms with E-state index in [4.69, 9.17) is 28.4 Å². The number of amides is 2. The number of unbranched alkanes of at least 4 members (excludes halogenated alkanes) is 7. The smallest absolute Gasteiger partial charge is 0.407 e. The van der Waals surface area contributed by atoms with Gasteiger partial charge >= 0.3 is 35.9 Å². The van der Waals surface area contributed by atoms with Crippen LogP contribution < -0.4 is 10.6 Å². The molecule has 0 aromatic heterocycles. The zero-order chi connectivity index (χ0) is 53.3. The van der Waals surface area contributed by atoms with E-state index >= 15 is 0 Å². The molecule has 0 saturated heterocycles. The van der Waals surface area contributed by atoms with E-state index in [1.807, 2.05) is 82.0 Å². The van der Waals surface area contributed by atoms with Gasteiger partial charge in [-0.25, -0.2) is 4.79 Å².